The van der Waals surface area contributed by atoms with Gasteiger partial charge in [0.25, 0.3) is 0 Å². The molecule has 0 unspecified atom stereocenters. The van der Waals surface area contributed by atoms with Crippen molar-refractivity contribution in [2.45, 2.75) is 96.8 Å². The van der Waals surface area contributed by atoms with Crippen LogP contribution < -0.4 is 4.74 Å². The number of aliphatic carboxylic acids is 2. The summed E-state index contributed by atoms with van der Waals surface area (Å²) in [6.07, 6.45) is 28.4. The Morgan fingerprint density at radius 1 is 0.846 bits per heavy atom. The van der Waals surface area contributed by atoms with Crippen LogP contribution in [0.2, 0.25) is 0 Å². The molecule has 0 spiro atoms. The number of fused-ring (bicyclic) bond motifs is 1. The Labute approximate surface area is 234 Å². The van der Waals surface area contributed by atoms with Gasteiger partial charge in [0.2, 0.25) is 0 Å². The quantitative estimate of drug-likeness (QED) is 0.152. The maximum atomic E-state index is 11.9. The van der Waals surface area contributed by atoms with Crippen LogP contribution in [0.5, 0.6) is 5.75 Å². The van der Waals surface area contributed by atoms with Gasteiger partial charge in [0.05, 0.1) is 7.11 Å². The summed E-state index contributed by atoms with van der Waals surface area (Å²) in [5.41, 5.74) is 1.44. The number of carbonyl (C=O) groups is 3. The first-order chi connectivity index (χ1) is 18.9. The molecule has 0 heterocycles. The van der Waals surface area contributed by atoms with Crippen molar-refractivity contribution in [1.29, 1.82) is 0 Å². The molecule has 0 atom stereocenters. The fourth-order valence-electron chi connectivity index (χ4n) is 4.03. The number of benzene rings is 1. The SMILES string of the molecule is CCCCCCCC/C=C/C/C=C/C/C=C/CCCC(=O)O.COc1ccc2c(c1)C(=O)CCC(C(=O)O)=C2. The number of allylic oxidation sites excluding steroid dienone is 6. The van der Waals surface area contributed by atoms with Gasteiger partial charge in [-0.3, -0.25) is 9.59 Å². The molecule has 2 N–H and O–H groups in total. The highest BCUT2D eigenvalue weighted by molar-refractivity contribution is 6.04. The van der Waals surface area contributed by atoms with Crippen LogP contribution in [0.1, 0.15) is 113 Å². The Hall–Kier alpha value is -3.41. The van der Waals surface area contributed by atoms with E-state index in [1.807, 2.05) is 0 Å². The van der Waals surface area contributed by atoms with E-state index in [0.717, 1.165) is 25.7 Å². The van der Waals surface area contributed by atoms with E-state index in [-0.39, 0.29) is 30.6 Å². The molecular formula is C33H46O6. The fourth-order valence-corrected chi connectivity index (χ4v) is 4.03. The number of hydrogen-bond acceptors (Lipinski definition) is 4. The Morgan fingerprint density at radius 3 is 2.08 bits per heavy atom. The minimum atomic E-state index is -0.971. The second-order valence-electron chi connectivity index (χ2n) is 9.58. The van der Waals surface area contributed by atoms with E-state index in [9.17, 15) is 14.4 Å². The molecule has 0 saturated heterocycles. The maximum absolute atomic E-state index is 11.9. The molecule has 0 fully saturated rings. The first-order valence-corrected chi connectivity index (χ1v) is 14.2. The number of carbonyl (C=O) groups excluding carboxylic acids is 1. The lowest BCUT2D eigenvalue weighted by atomic mass is 10.0. The second-order valence-corrected chi connectivity index (χ2v) is 9.58. The van der Waals surface area contributed by atoms with Crippen LogP contribution in [0.15, 0.2) is 60.2 Å². The molecule has 2 rings (SSSR count). The highest BCUT2D eigenvalue weighted by Gasteiger charge is 2.19. The third kappa shape index (κ3) is 16.2. The van der Waals surface area contributed by atoms with Gasteiger partial charge >= 0.3 is 11.9 Å². The van der Waals surface area contributed by atoms with Crippen molar-refractivity contribution in [3.05, 3.63) is 71.4 Å². The monoisotopic (exact) mass is 538 g/mol. The smallest absolute Gasteiger partial charge is 0.331 e. The summed E-state index contributed by atoms with van der Waals surface area (Å²) < 4.78 is 5.05. The van der Waals surface area contributed by atoms with Crippen LogP contribution in [0, 0.1) is 0 Å². The predicted molar refractivity (Wildman–Crippen MR) is 158 cm³/mol. The molecule has 0 saturated carbocycles. The van der Waals surface area contributed by atoms with Gasteiger partial charge in [-0.05, 0) is 68.7 Å². The summed E-state index contributed by atoms with van der Waals surface area (Å²) in [5.74, 6) is -1.13. The topological polar surface area (TPSA) is 101 Å². The molecule has 1 aromatic rings. The molecular weight excluding hydrogens is 492 g/mol. The Kier molecular flexibility index (Phi) is 18.5. The highest BCUT2D eigenvalue weighted by Crippen LogP contribution is 2.26. The number of ketones is 1. The van der Waals surface area contributed by atoms with Gasteiger partial charge in [0.15, 0.2) is 5.78 Å². The first kappa shape index (κ1) is 33.6. The molecule has 0 amide bonds. The Bertz CT molecular complexity index is 999. The van der Waals surface area contributed by atoms with Gasteiger partial charge < -0.3 is 14.9 Å². The van der Waals surface area contributed by atoms with Crippen LogP contribution in [0.4, 0.5) is 0 Å². The minimum Gasteiger partial charge on any atom is -0.497 e. The largest absolute Gasteiger partial charge is 0.497 e. The normalized spacial score (nSPS) is 13.2. The number of ether oxygens (including phenoxy) is 1. The molecule has 0 aliphatic heterocycles. The summed E-state index contributed by atoms with van der Waals surface area (Å²) in [7, 11) is 1.53. The zero-order chi connectivity index (χ0) is 28.7. The molecule has 0 bridgehead atoms. The Balaban J connectivity index is 0.000000400. The van der Waals surface area contributed by atoms with Crippen LogP contribution >= 0.6 is 0 Å². The zero-order valence-electron chi connectivity index (χ0n) is 23.7. The minimum absolute atomic E-state index is 0.0496. The van der Waals surface area contributed by atoms with Crippen molar-refractivity contribution in [3.63, 3.8) is 0 Å². The average molecular weight is 539 g/mol. The zero-order valence-corrected chi connectivity index (χ0v) is 23.7. The summed E-state index contributed by atoms with van der Waals surface area (Å²) in [5, 5.41) is 17.5. The number of hydrogen-bond donors (Lipinski definition) is 2. The predicted octanol–water partition coefficient (Wildman–Crippen LogP) is 8.58. The highest BCUT2D eigenvalue weighted by atomic mass is 16.5. The van der Waals surface area contributed by atoms with Gasteiger partial charge in [0.1, 0.15) is 5.75 Å². The Morgan fingerprint density at radius 2 is 1.46 bits per heavy atom. The third-order valence-electron chi connectivity index (χ3n) is 6.32. The van der Waals surface area contributed by atoms with Crippen molar-refractivity contribution in [2.75, 3.05) is 7.11 Å². The number of Topliss-reactive ketones (excluding diaryl/α,β-unsaturated/α-hetero) is 1. The second kappa shape index (κ2) is 21.5. The summed E-state index contributed by atoms with van der Waals surface area (Å²) >= 11 is 0. The first-order valence-electron chi connectivity index (χ1n) is 14.2. The van der Waals surface area contributed by atoms with Gasteiger partial charge in [-0.15, -0.1) is 0 Å². The number of carboxylic acid groups (broad SMARTS) is 2. The van der Waals surface area contributed by atoms with Crippen molar-refractivity contribution in [3.8, 4) is 5.75 Å². The van der Waals surface area contributed by atoms with Crippen molar-refractivity contribution in [2.24, 2.45) is 0 Å². The molecule has 1 aliphatic rings. The van der Waals surface area contributed by atoms with Crippen molar-refractivity contribution in [1.82, 2.24) is 0 Å². The van der Waals surface area contributed by atoms with Crippen LogP contribution in [0.25, 0.3) is 6.08 Å². The van der Waals surface area contributed by atoms with E-state index < -0.39 is 11.9 Å². The third-order valence-corrected chi connectivity index (χ3v) is 6.32. The molecule has 0 aromatic heterocycles. The van der Waals surface area contributed by atoms with Crippen LogP contribution in [0.3, 0.4) is 0 Å². The maximum Gasteiger partial charge on any atom is 0.331 e. The van der Waals surface area contributed by atoms with Gasteiger partial charge in [-0.25, -0.2) is 4.79 Å². The average Bonchev–Trinajstić information content (AvgIpc) is 3.09. The molecule has 0 radical (unpaired) electrons. The van der Waals surface area contributed by atoms with Crippen LogP contribution in [-0.4, -0.2) is 35.0 Å². The number of rotatable bonds is 17. The summed E-state index contributed by atoms with van der Waals surface area (Å²) in [6.45, 7) is 2.26. The molecule has 39 heavy (non-hydrogen) atoms. The lowest BCUT2D eigenvalue weighted by Gasteiger charge is -2.05. The summed E-state index contributed by atoms with van der Waals surface area (Å²) in [4.78, 5) is 33.1. The standard InChI is InChI=1S/C20H34O2.C13H12O4/c1-2-3-4-5-6-7-8-9-10-11-12-13-14-15-16-17-18-19-20(21)22;1-17-10-4-2-8-6-9(13(15)16)3-5-12(14)11(8)7-10/h9-10,12-13,15-16H,2-8,11,14,17-19H2,1H3,(H,21,22);2,4,6-7H,3,5H2,1H3,(H,15,16)/b10-9+,13-12+,16-15+;. The van der Waals surface area contributed by atoms with Gasteiger partial charge in [-0.1, -0.05) is 81.6 Å². The number of carboxylic acids is 2. The van der Waals surface area contributed by atoms with Gasteiger partial charge in [0, 0.05) is 24.0 Å². The van der Waals surface area contributed by atoms with Crippen molar-refractivity contribution < 1.29 is 29.3 Å². The van der Waals surface area contributed by atoms with E-state index in [1.54, 1.807) is 24.3 Å². The molecule has 6 heteroatoms. The number of methoxy groups -OCH3 is 1. The van der Waals surface area contributed by atoms with E-state index in [4.69, 9.17) is 14.9 Å². The number of unbranched alkanes of at least 4 members (excludes halogenated alkanes) is 7. The summed E-state index contributed by atoms with van der Waals surface area (Å²) in [6, 6.07) is 5.08. The van der Waals surface area contributed by atoms with E-state index in [1.165, 1.54) is 52.1 Å². The van der Waals surface area contributed by atoms with E-state index >= 15 is 0 Å². The fraction of sp³-hybridized carbons (Fsp3) is 0.485. The molecule has 1 aromatic carbocycles. The molecule has 6 nitrogen and oxygen atoms in total. The lowest BCUT2D eigenvalue weighted by molar-refractivity contribution is -0.137. The van der Waals surface area contributed by atoms with E-state index in [2.05, 4.69) is 43.4 Å². The van der Waals surface area contributed by atoms with Crippen LogP contribution in [-0.2, 0) is 9.59 Å². The molecule has 1 aliphatic carbocycles. The van der Waals surface area contributed by atoms with E-state index in [0.29, 0.717) is 16.9 Å². The van der Waals surface area contributed by atoms with Crippen molar-refractivity contribution >= 4 is 23.8 Å². The lowest BCUT2D eigenvalue weighted by Crippen LogP contribution is -2.02. The molecule has 214 valence electrons. The van der Waals surface area contributed by atoms with Gasteiger partial charge in [-0.2, -0.15) is 0 Å².